The maximum absolute atomic E-state index is 13.2. The van der Waals surface area contributed by atoms with Crippen LogP contribution in [-0.4, -0.2) is 31.0 Å². The number of aromatic nitrogens is 1. The highest BCUT2D eigenvalue weighted by molar-refractivity contribution is 6.15. The fourth-order valence-electron chi connectivity index (χ4n) is 4.81. The van der Waals surface area contributed by atoms with Crippen molar-refractivity contribution in [2.24, 2.45) is 0 Å². The third-order valence-corrected chi connectivity index (χ3v) is 6.65. The zero-order valence-corrected chi connectivity index (χ0v) is 20.0. The third-order valence-electron chi connectivity index (χ3n) is 6.65. The molecule has 0 saturated heterocycles. The summed E-state index contributed by atoms with van der Waals surface area (Å²) in [5.74, 6) is 0.606. The number of rotatable bonds is 4. The molecule has 184 valence electrons. The summed E-state index contributed by atoms with van der Waals surface area (Å²) in [6, 6.07) is 17.4. The normalized spacial score (nSPS) is 17.2. The summed E-state index contributed by atoms with van der Waals surface area (Å²) in [5, 5.41) is 0.749. The first kappa shape index (κ1) is 22.6. The van der Waals surface area contributed by atoms with Crippen molar-refractivity contribution in [3.05, 3.63) is 99.0 Å². The summed E-state index contributed by atoms with van der Waals surface area (Å²) in [6.45, 7) is 0. The number of nitrogens with one attached hydrogen (secondary N) is 1. The Labute approximate surface area is 211 Å². The second-order valence-corrected chi connectivity index (χ2v) is 8.80. The Bertz CT molecular complexity index is 1680. The van der Waals surface area contributed by atoms with E-state index < -0.39 is 11.9 Å². The number of benzene rings is 3. The molecular weight excluding hydrogens is 474 g/mol. The number of hydrogen-bond donors (Lipinski definition) is 1. The van der Waals surface area contributed by atoms with Crippen molar-refractivity contribution < 1.29 is 28.5 Å². The molecule has 1 atom stereocenters. The first-order valence-electron chi connectivity index (χ1n) is 11.6. The number of Topliss-reactive ketones (excluding diaryl/α,β-unsaturated/α-hetero) is 1. The molecule has 8 nitrogen and oxygen atoms in total. The average Bonchev–Trinajstić information content (AvgIpc) is 3.22. The molecule has 4 aromatic rings. The summed E-state index contributed by atoms with van der Waals surface area (Å²) in [6.07, 6.45) is 1.57. The number of fused-ring (bicyclic) bond motifs is 4. The smallest absolute Gasteiger partial charge is 0.312 e. The van der Waals surface area contributed by atoms with Crippen LogP contribution in [0.15, 0.2) is 71.2 Å². The lowest BCUT2D eigenvalue weighted by Gasteiger charge is -2.26. The molecule has 0 aliphatic carbocycles. The van der Waals surface area contributed by atoms with E-state index >= 15 is 0 Å². The molecule has 0 spiro atoms. The number of methoxy groups -OCH3 is 2. The van der Waals surface area contributed by atoms with Crippen molar-refractivity contribution in [2.75, 3.05) is 14.2 Å². The predicted molar refractivity (Wildman–Crippen MR) is 136 cm³/mol. The number of aromatic amines is 1. The number of carbonyl (C=O) groups is 2. The standard InChI is InChI=1S/C29H21NO7/c1-34-17-5-3-15(4-6-17)11-24-27(32)19-8-10-23-26(28(19)37-24)20(14-25(31)36-23)21-13-16-12-18(35-2)7-9-22(16)30-29(21)33/h3-13,20H,14H2,1-2H3,(H,30,33)/b24-11-/t20-/m0/s1. The van der Waals surface area contributed by atoms with Crippen molar-refractivity contribution in [2.45, 2.75) is 12.3 Å². The molecule has 3 heterocycles. The van der Waals surface area contributed by atoms with Gasteiger partial charge >= 0.3 is 5.97 Å². The molecule has 8 heteroatoms. The Morgan fingerprint density at radius 2 is 1.65 bits per heavy atom. The maximum Gasteiger partial charge on any atom is 0.312 e. The van der Waals surface area contributed by atoms with E-state index in [1.807, 2.05) is 18.2 Å². The van der Waals surface area contributed by atoms with Gasteiger partial charge in [0, 0.05) is 27.9 Å². The lowest BCUT2D eigenvalue weighted by Crippen LogP contribution is -2.26. The molecule has 6 rings (SSSR count). The highest BCUT2D eigenvalue weighted by Gasteiger charge is 2.39. The summed E-state index contributed by atoms with van der Waals surface area (Å²) < 4.78 is 22.1. The topological polar surface area (TPSA) is 104 Å². The quantitative estimate of drug-likeness (QED) is 0.251. The summed E-state index contributed by atoms with van der Waals surface area (Å²) in [4.78, 5) is 41.8. The average molecular weight is 495 g/mol. The van der Waals surface area contributed by atoms with Crippen molar-refractivity contribution in [1.82, 2.24) is 4.98 Å². The van der Waals surface area contributed by atoms with Gasteiger partial charge in [-0.1, -0.05) is 12.1 Å². The molecule has 0 fully saturated rings. The molecule has 0 amide bonds. The molecule has 0 bridgehead atoms. The van der Waals surface area contributed by atoms with Crippen LogP contribution >= 0.6 is 0 Å². The minimum absolute atomic E-state index is 0.0723. The van der Waals surface area contributed by atoms with Gasteiger partial charge in [-0.05, 0) is 60.2 Å². The van der Waals surface area contributed by atoms with Crippen LogP contribution in [0.2, 0.25) is 0 Å². The Kier molecular flexibility index (Phi) is 5.30. The zero-order valence-electron chi connectivity index (χ0n) is 20.0. The fourth-order valence-corrected chi connectivity index (χ4v) is 4.81. The minimum atomic E-state index is -0.668. The van der Waals surface area contributed by atoms with Crippen molar-refractivity contribution in [1.29, 1.82) is 0 Å². The minimum Gasteiger partial charge on any atom is -0.497 e. The highest BCUT2D eigenvalue weighted by Crippen LogP contribution is 2.48. The SMILES string of the molecule is COc1ccc(/C=C2\Oc3c(ccc4c3[C@H](c3cc5cc(OC)ccc5[nH]c3=O)CC(=O)O4)C2=O)cc1. The van der Waals surface area contributed by atoms with Gasteiger partial charge in [-0.15, -0.1) is 0 Å². The number of allylic oxidation sites excluding steroid dienone is 1. The molecule has 2 aliphatic heterocycles. The number of carbonyl (C=O) groups excluding carboxylic acids is 2. The number of H-pyrrole nitrogens is 1. The third kappa shape index (κ3) is 3.83. The number of esters is 1. The van der Waals surface area contributed by atoms with Crippen LogP contribution in [0, 0.1) is 0 Å². The van der Waals surface area contributed by atoms with Gasteiger partial charge in [0.2, 0.25) is 5.78 Å². The Morgan fingerprint density at radius 1 is 0.892 bits per heavy atom. The Balaban J connectivity index is 1.47. The molecule has 0 radical (unpaired) electrons. The van der Waals surface area contributed by atoms with E-state index in [0.29, 0.717) is 39.5 Å². The molecule has 2 aliphatic rings. The van der Waals surface area contributed by atoms with Crippen molar-refractivity contribution in [3.63, 3.8) is 0 Å². The van der Waals surface area contributed by atoms with Crippen LogP contribution in [0.5, 0.6) is 23.0 Å². The van der Waals surface area contributed by atoms with Gasteiger partial charge < -0.3 is 23.9 Å². The van der Waals surface area contributed by atoms with Gasteiger partial charge in [-0.3, -0.25) is 14.4 Å². The summed E-state index contributed by atoms with van der Waals surface area (Å²) in [5.41, 5.74) is 2.28. The molecule has 3 aromatic carbocycles. The molecular formula is C29H21NO7. The first-order chi connectivity index (χ1) is 17.9. The van der Waals surface area contributed by atoms with Crippen LogP contribution in [0.1, 0.15) is 39.4 Å². The lowest BCUT2D eigenvalue weighted by atomic mass is 9.85. The van der Waals surface area contributed by atoms with Crippen LogP contribution in [-0.2, 0) is 4.79 Å². The van der Waals surface area contributed by atoms with E-state index in [1.165, 1.54) is 0 Å². The molecule has 0 unspecified atom stereocenters. The van der Waals surface area contributed by atoms with Gasteiger partial charge in [-0.25, -0.2) is 0 Å². The first-order valence-corrected chi connectivity index (χ1v) is 11.6. The van der Waals surface area contributed by atoms with E-state index in [-0.39, 0.29) is 29.3 Å². The zero-order chi connectivity index (χ0) is 25.7. The summed E-state index contributed by atoms with van der Waals surface area (Å²) in [7, 11) is 3.15. The number of pyridine rings is 1. The van der Waals surface area contributed by atoms with E-state index in [4.69, 9.17) is 18.9 Å². The monoisotopic (exact) mass is 495 g/mol. The molecule has 1 aromatic heterocycles. The predicted octanol–water partition coefficient (Wildman–Crippen LogP) is 4.60. The van der Waals surface area contributed by atoms with E-state index in [1.54, 1.807) is 62.8 Å². The molecule has 37 heavy (non-hydrogen) atoms. The second kappa shape index (κ2) is 8.67. The largest absolute Gasteiger partial charge is 0.497 e. The van der Waals surface area contributed by atoms with Crippen molar-refractivity contribution in [3.8, 4) is 23.0 Å². The van der Waals surface area contributed by atoms with Crippen LogP contribution in [0.3, 0.4) is 0 Å². The number of ether oxygens (including phenoxy) is 4. The van der Waals surface area contributed by atoms with Crippen LogP contribution in [0.4, 0.5) is 0 Å². The van der Waals surface area contributed by atoms with E-state index in [0.717, 1.165) is 10.9 Å². The fraction of sp³-hybridized carbons (Fsp3) is 0.138. The lowest BCUT2D eigenvalue weighted by molar-refractivity contribution is -0.135. The van der Waals surface area contributed by atoms with Gasteiger partial charge in [-0.2, -0.15) is 0 Å². The summed E-state index contributed by atoms with van der Waals surface area (Å²) >= 11 is 0. The Hall–Kier alpha value is -4.85. The van der Waals surface area contributed by atoms with Gasteiger partial charge in [0.05, 0.1) is 26.2 Å². The van der Waals surface area contributed by atoms with Gasteiger partial charge in [0.25, 0.3) is 5.56 Å². The highest BCUT2D eigenvalue weighted by atomic mass is 16.5. The number of ketones is 1. The van der Waals surface area contributed by atoms with E-state index in [9.17, 15) is 14.4 Å². The van der Waals surface area contributed by atoms with Gasteiger partial charge in [0.1, 0.15) is 23.0 Å². The van der Waals surface area contributed by atoms with Crippen LogP contribution in [0.25, 0.3) is 17.0 Å². The number of hydrogen-bond acceptors (Lipinski definition) is 7. The second-order valence-electron chi connectivity index (χ2n) is 8.80. The van der Waals surface area contributed by atoms with Crippen molar-refractivity contribution >= 4 is 28.7 Å². The maximum atomic E-state index is 13.2. The van der Waals surface area contributed by atoms with E-state index in [2.05, 4.69) is 4.98 Å². The molecule has 0 saturated carbocycles. The van der Waals surface area contributed by atoms with Crippen LogP contribution < -0.4 is 24.5 Å². The Morgan fingerprint density at radius 3 is 2.41 bits per heavy atom. The van der Waals surface area contributed by atoms with Gasteiger partial charge in [0.15, 0.2) is 5.76 Å². The molecule has 1 N–H and O–H groups in total.